The van der Waals surface area contributed by atoms with Crippen molar-refractivity contribution in [3.05, 3.63) is 83.9 Å². The van der Waals surface area contributed by atoms with E-state index in [2.05, 4.69) is 6.58 Å². The molecule has 13 heteroatoms. The maximum Gasteiger partial charge on any atom is 0.339 e. The predicted molar refractivity (Wildman–Crippen MR) is 185 cm³/mol. The van der Waals surface area contributed by atoms with Crippen molar-refractivity contribution in [1.82, 2.24) is 0 Å². The SMILES string of the molecule is C=C(C)[C@@]1(OC(=O)c2ccccc2)[C@H](OC(C)=O)[C@@H]2[C@H](OC(C)=O)[C@]3(C)O[C@]4([C@@H]3OC(=O)c3ccccc3)[C@@H](O)[C@@H](C)C[C@H]4[C@@]2(O)[C@H](C)[C@@H]1OC(C)=O. The number of fused-ring (bicyclic) bond motifs is 3. The molecule has 2 N–H and O–H groups in total. The summed E-state index contributed by atoms with van der Waals surface area (Å²) in [5.74, 6) is -8.56. The zero-order chi connectivity index (χ0) is 38.8. The van der Waals surface area contributed by atoms with Gasteiger partial charge >= 0.3 is 29.8 Å². The largest absolute Gasteiger partial charge is 0.459 e. The molecule has 13 nitrogen and oxygen atoms in total. The summed E-state index contributed by atoms with van der Waals surface area (Å²) in [6.45, 7) is 13.9. The van der Waals surface area contributed by atoms with Gasteiger partial charge in [0.05, 0.1) is 28.7 Å². The summed E-state index contributed by atoms with van der Waals surface area (Å²) in [5, 5.41) is 25.7. The molecular weight excluding hydrogens is 688 g/mol. The van der Waals surface area contributed by atoms with Crippen molar-refractivity contribution in [2.45, 2.75) is 108 Å². The number of esters is 5. The van der Waals surface area contributed by atoms with Crippen LogP contribution in [0.4, 0.5) is 0 Å². The molecule has 2 aliphatic carbocycles. The van der Waals surface area contributed by atoms with Crippen LogP contribution in [0.5, 0.6) is 0 Å². The second-order valence-electron chi connectivity index (χ2n) is 15.1. The molecular formula is C40H46O13. The van der Waals surface area contributed by atoms with Crippen molar-refractivity contribution in [1.29, 1.82) is 0 Å². The van der Waals surface area contributed by atoms with Crippen molar-refractivity contribution in [2.24, 2.45) is 23.7 Å². The van der Waals surface area contributed by atoms with Gasteiger partial charge < -0.3 is 38.6 Å². The molecule has 1 spiro atoms. The topological polar surface area (TPSA) is 181 Å². The van der Waals surface area contributed by atoms with Gasteiger partial charge in [-0.15, -0.1) is 0 Å². The number of aliphatic hydroxyl groups is 2. The highest BCUT2D eigenvalue weighted by Gasteiger charge is 2.88. The van der Waals surface area contributed by atoms with Gasteiger partial charge in [0.15, 0.2) is 18.3 Å². The van der Waals surface area contributed by atoms with E-state index in [1.54, 1.807) is 62.4 Å². The van der Waals surface area contributed by atoms with E-state index in [1.165, 1.54) is 26.0 Å². The first-order chi connectivity index (χ1) is 24.9. The highest BCUT2D eigenvalue weighted by Crippen LogP contribution is 2.70. The maximum absolute atomic E-state index is 14.1. The van der Waals surface area contributed by atoms with E-state index in [9.17, 15) is 34.2 Å². The lowest BCUT2D eigenvalue weighted by Crippen LogP contribution is -2.80. The Labute approximate surface area is 307 Å². The van der Waals surface area contributed by atoms with Gasteiger partial charge in [-0.05, 0) is 56.0 Å². The lowest BCUT2D eigenvalue weighted by Gasteiger charge is -2.62. The maximum atomic E-state index is 14.1. The summed E-state index contributed by atoms with van der Waals surface area (Å²) < 4.78 is 37.6. The third-order valence-corrected chi connectivity index (χ3v) is 11.9. The molecule has 0 radical (unpaired) electrons. The molecule has 0 amide bonds. The van der Waals surface area contributed by atoms with E-state index in [0.717, 1.165) is 20.8 Å². The van der Waals surface area contributed by atoms with Crippen LogP contribution in [0.25, 0.3) is 0 Å². The number of hydrogen-bond donors (Lipinski definition) is 2. The van der Waals surface area contributed by atoms with E-state index in [0.29, 0.717) is 0 Å². The van der Waals surface area contributed by atoms with Crippen LogP contribution in [-0.4, -0.2) is 93.0 Å². The molecule has 4 fully saturated rings. The van der Waals surface area contributed by atoms with E-state index < -0.39 is 106 Å². The summed E-state index contributed by atoms with van der Waals surface area (Å²) in [6.07, 6.45) is -7.47. The molecule has 2 aromatic carbocycles. The van der Waals surface area contributed by atoms with E-state index in [-0.39, 0.29) is 23.1 Å². The average Bonchev–Trinajstić information content (AvgIpc) is 3.31. The van der Waals surface area contributed by atoms with E-state index in [1.807, 2.05) is 0 Å². The lowest BCUT2D eigenvalue weighted by molar-refractivity contribution is -0.388. The van der Waals surface area contributed by atoms with Gasteiger partial charge in [0.25, 0.3) is 0 Å². The standard InChI is InChI=1S/C40H46O13/c1-20(2)39(52-35(46)27-17-13-10-14-18-27)31(48-23(5)41)22(4)38(47)28-19-21(3)30(44)40(28)36(51-34(45)26-15-11-9-12-16-26)37(8,53-40)32(49-24(6)42)29(38)33(39)50-25(7)43/h9-18,21-22,28-33,36,44,47H,1,19H2,2-8H3/t21-,22+,28-,29-,30-,31-,32-,33+,36+,37-,38-,39-,40-/m0/s1. The Hall–Kier alpha value is -4.59. The highest BCUT2D eigenvalue weighted by atomic mass is 16.7. The van der Waals surface area contributed by atoms with Crippen LogP contribution >= 0.6 is 0 Å². The number of rotatable bonds is 8. The number of carbonyl (C=O) groups excluding carboxylic acids is 5. The number of ether oxygens (including phenoxy) is 6. The van der Waals surface area contributed by atoms with Crippen molar-refractivity contribution in [3.8, 4) is 0 Å². The summed E-state index contributed by atoms with van der Waals surface area (Å²) in [5.41, 5.74) is -7.57. The zero-order valence-electron chi connectivity index (χ0n) is 30.8. The van der Waals surface area contributed by atoms with Gasteiger partial charge in [0, 0.05) is 32.6 Å². The third-order valence-electron chi connectivity index (χ3n) is 11.9. The molecule has 0 aromatic heterocycles. The molecule has 0 unspecified atom stereocenters. The van der Waals surface area contributed by atoms with Crippen LogP contribution < -0.4 is 0 Å². The first-order valence-electron chi connectivity index (χ1n) is 17.7. The number of aliphatic hydroxyl groups excluding tert-OH is 1. The van der Waals surface area contributed by atoms with Crippen LogP contribution in [0.1, 0.15) is 75.6 Å². The van der Waals surface area contributed by atoms with Gasteiger partial charge in [0.1, 0.15) is 17.3 Å². The van der Waals surface area contributed by atoms with Crippen LogP contribution in [0, 0.1) is 23.7 Å². The molecule has 284 valence electrons. The Morgan fingerprint density at radius 1 is 0.755 bits per heavy atom. The number of hydrogen-bond acceptors (Lipinski definition) is 13. The minimum Gasteiger partial charge on any atom is -0.459 e. The van der Waals surface area contributed by atoms with Crippen LogP contribution in [0.2, 0.25) is 0 Å². The van der Waals surface area contributed by atoms with Crippen molar-refractivity contribution >= 4 is 29.8 Å². The number of carbonyl (C=O) groups is 5. The molecule has 2 aromatic rings. The smallest absolute Gasteiger partial charge is 0.339 e. The second-order valence-corrected chi connectivity index (χ2v) is 15.1. The van der Waals surface area contributed by atoms with Crippen molar-refractivity contribution in [2.75, 3.05) is 0 Å². The molecule has 2 saturated carbocycles. The minimum absolute atomic E-state index is 0.0824. The van der Waals surface area contributed by atoms with Gasteiger partial charge in [0.2, 0.25) is 5.60 Å². The Bertz CT molecular complexity index is 1810. The number of benzene rings is 2. The van der Waals surface area contributed by atoms with Gasteiger partial charge in [-0.25, -0.2) is 9.59 Å². The Balaban J connectivity index is 1.65. The molecule has 2 heterocycles. The third kappa shape index (κ3) is 5.58. The summed E-state index contributed by atoms with van der Waals surface area (Å²) in [4.78, 5) is 67.2. The van der Waals surface area contributed by atoms with E-state index in [4.69, 9.17) is 28.4 Å². The fourth-order valence-corrected chi connectivity index (χ4v) is 9.85. The summed E-state index contributed by atoms with van der Waals surface area (Å²) in [6, 6.07) is 16.1. The Morgan fingerprint density at radius 3 is 1.75 bits per heavy atom. The lowest BCUT2D eigenvalue weighted by atomic mass is 9.52. The monoisotopic (exact) mass is 734 g/mol. The van der Waals surface area contributed by atoms with Crippen molar-refractivity contribution in [3.63, 3.8) is 0 Å². The minimum atomic E-state index is -2.20. The molecule has 2 aliphatic heterocycles. The average molecular weight is 735 g/mol. The van der Waals surface area contributed by atoms with Gasteiger partial charge in [-0.1, -0.05) is 56.8 Å². The van der Waals surface area contributed by atoms with Crippen LogP contribution in [0.15, 0.2) is 72.8 Å². The quantitative estimate of drug-likeness (QED) is 0.228. The van der Waals surface area contributed by atoms with Crippen LogP contribution in [-0.2, 0) is 42.8 Å². The van der Waals surface area contributed by atoms with Crippen LogP contribution in [0.3, 0.4) is 0 Å². The van der Waals surface area contributed by atoms with Gasteiger partial charge in [-0.3, -0.25) is 14.4 Å². The second kappa shape index (κ2) is 13.4. The summed E-state index contributed by atoms with van der Waals surface area (Å²) in [7, 11) is 0. The van der Waals surface area contributed by atoms with Gasteiger partial charge in [-0.2, -0.15) is 0 Å². The first kappa shape index (κ1) is 38.1. The first-order valence-corrected chi connectivity index (χ1v) is 17.7. The molecule has 2 bridgehead atoms. The molecule has 4 aliphatic rings. The predicted octanol–water partition coefficient (Wildman–Crippen LogP) is 3.73. The Morgan fingerprint density at radius 2 is 1.25 bits per heavy atom. The van der Waals surface area contributed by atoms with Crippen molar-refractivity contribution < 1.29 is 62.6 Å². The molecule has 6 rings (SSSR count). The molecule has 2 saturated heterocycles. The molecule has 53 heavy (non-hydrogen) atoms. The normalized spacial score (nSPS) is 39.5. The van der Waals surface area contributed by atoms with E-state index >= 15 is 0 Å². The fourth-order valence-electron chi connectivity index (χ4n) is 9.85. The fraction of sp³-hybridized carbons (Fsp3) is 0.525. The molecule has 13 atom stereocenters. The zero-order valence-corrected chi connectivity index (χ0v) is 30.8. The summed E-state index contributed by atoms with van der Waals surface area (Å²) >= 11 is 0. The highest BCUT2D eigenvalue weighted by molar-refractivity contribution is 5.90. The Kier molecular flexibility index (Phi) is 9.62.